The van der Waals surface area contributed by atoms with Crippen LogP contribution in [0.15, 0.2) is 107 Å². The molecule has 5 aromatic rings. The number of benzene rings is 3. The fraction of sp³-hybridized carbons (Fsp3) is 0.154. The number of hydrogen-bond acceptors (Lipinski definition) is 11. The Morgan fingerprint density at radius 2 is 1.59 bits per heavy atom. The summed E-state index contributed by atoms with van der Waals surface area (Å²) in [6, 6.07) is 21.5. The van der Waals surface area contributed by atoms with E-state index in [9.17, 15) is 40.4 Å². The van der Waals surface area contributed by atoms with Gasteiger partial charge in [0.05, 0.1) is 22.8 Å². The summed E-state index contributed by atoms with van der Waals surface area (Å²) < 4.78 is 91.3. The van der Waals surface area contributed by atoms with Gasteiger partial charge in [-0.15, -0.1) is 11.8 Å². The van der Waals surface area contributed by atoms with Crippen LogP contribution in [0.3, 0.4) is 0 Å². The predicted molar refractivity (Wildman–Crippen MR) is 208 cm³/mol. The van der Waals surface area contributed by atoms with Gasteiger partial charge in [0, 0.05) is 49.2 Å². The molecule has 13 nitrogen and oxygen atoms in total. The second-order valence-electron chi connectivity index (χ2n) is 11.8. The summed E-state index contributed by atoms with van der Waals surface area (Å²) in [7, 11) is -4.28. The Morgan fingerprint density at radius 3 is 2.22 bits per heavy atom. The first-order valence-corrected chi connectivity index (χ1v) is 19.5. The number of aromatic nitrogens is 2. The van der Waals surface area contributed by atoms with Crippen molar-refractivity contribution < 1.29 is 49.7 Å². The molecule has 2 heterocycles. The molecule has 5 rings (SSSR count). The van der Waals surface area contributed by atoms with Crippen LogP contribution in [0.25, 0.3) is 6.08 Å². The third kappa shape index (κ3) is 13.5. The van der Waals surface area contributed by atoms with Crippen molar-refractivity contribution >= 4 is 51.9 Å². The third-order valence-electron chi connectivity index (χ3n) is 7.70. The highest BCUT2D eigenvalue weighted by Gasteiger charge is 2.20. The quantitative estimate of drug-likeness (QED) is 0.00852. The van der Waals surface area contributed by atoms with E-state index in [1.807, 2.05) is 30.3 Å². The zero-order valence-corrected chi connectivity index (χ0v) is 32.0. The third-order valence-corrected chi connectivity index (χ3v) is 9.71. The molecular formula is C39H36F4N6O7S2. The molecule has 0 saturated carbocycles. The number of thioether (sulfide) groups is 1. The molecule has 304 valence electrons. The number of carbonyl (C=O) groups excluding carboxylic acids is 3. The van der Waals surface area contributed by atoms with Crippen LogP contribution in [0.1, 0.15) is 44.1 Å². The Labute approximate surface area is 334 Å². The minimum atomic E-state index is -4.28. The molecule has 0 aliphatic carbocycles. The van der Waals surface area contributed by atoms with Gasteiger partial charge in [-0.1, -0.05) is 48.5 Å². The number of nitrogen functional groups attached to an aromatic ring is 1. The summed E-state index contributed by atoms with van der Waals surface area (Å²) in [6.45, 7) is 0.877. The highest BCUT2D eigenvalue weighted by atomic mass is 32.2. The van der Waals surface area contributed by atoms with Crippen molar-refractivity contribution in [1.82, 2.24) is 20.6 Å². The smallest absolute Gasteiger partial charge is 0.295 e. The Balaban J connectivity index is 0.000000530. The number of aldehydes is 1. The number of rotatable bonds is 17. The van der Waals surface area contributed by atoms with Crippen molar-refractivity contribution in [3.05, 3.63) is 149 Å². The molecule has 6 N–H and O–H groups in total. The number of ether oxygens (including phenoxy) is 1. The Morgan fingerprint density at radius 1 is 0.897 bits per heavy atom. The maximum atomic E-state index is 14.1. The lowest BCUT2D eigenvalue weighted by atomic mass is 10.2. The maximum absolute atomic E-state index is 14.1. The van der Waals surface area contributed by atoms with Gasteiger partial charge in [0.2, 0.25) is 5.91 Å². The molecule has 2 amide bonds. The Hall–Kier alpha value is -6.15. The van der Waals surface area contributed by atoms with Crippen molar-refractivity contribution in [1.29, 1.82) is 0 Å². The molecule has 0 unspecified atom stereocenters. The van der Waals surface area contributed by atoms with Crippen LogP contribution in [0.5, 0.6) is 5.75 Å². The topological polar surface area (TPSA) is 203 Å². The molecule has 3 aromatic carbocycles. The van der Waals surface area contributed by atoms with Crippen LogP contribution in [-0.4, -0.2) is 60.7 Å². The van der Waals surface area contributed by atoms with Gasteiger partial charge in [-0.05, 0) is 48.4 Å². The number of carbonyl (C=O) groups is 3. The molecule has 0 radical (unpaired) electrons. The minimum Gasteiger partial charge on any atom is -0.491 e. The van der Waals surface area contributed by atoms with E-state index < -0.39 is 44.2 Å². The van der Waals surface area contributed by atoms with Crippen molar-refractivity contribution in [3.8, 4) is 5.75 Å². The van der Waals surface area contributed by atoms with E-state index in [1.165, 1.54) is 42.6 Å². The monoisotopic (exact) mass is 840 g/mol. The van der Waals surface area contributed by atoms with E-state index in [0.717, 1.165) is 5.56 Å². The average molecular weight is 841 g/mol. The number of anilines is 1. The van der Waals surface area contributed by atoms with Crippen LogP contribution in [0, 0.1) is 23.3 Å². The molecule has 19 heteroatoms. The summed E-state index contributed by atoms with van der Waals surface area (Å²) in [6.07, 6.45) is 5.50. The van der Waals surface area contributed by atoms with Crippen LogP contribution in [0.4, 0.5) is 23.4 Å². The van der Waals surface area contributed by atoms with Crippen molar-refractivity contribution in [2.45, 2.75) is 28.4 Å². The number of nitrogens with two attached hydrogens (primary N) is 1. The van der Waals surface area contributed by atoms with E-state index in [1.54, 1.807) is 24.3 Å². The zero-order chi connectivity index (χ0) is 42.1. The van der Waals surface area contributed by atoms with Gasteiger partial charge in [-0.2, -0.15) is 8.42 Å². The van der Waals surface area contributed by atoms with E-state index >= 15 is 0 Å². The van der Waals surface area contributed by atoms with Gasteiger partial charge >= 0.3 is 0 Å². The fourth-order valence-electron chi connectivity index (χ4n) is 4.82. The number of nitrogens with one attached hydrogen (secondary N) is 3. The molecule has 0 atom stereocenters. The molecule has 0 aliphatic rings. The van der Waals surface area contributed by atoms with Crippen LogP contribution >= 0.6 is 11.8 Å². The van der Waals surface area contributed by atoms with Gasteiger partial charge < -0.3 is 20.8 Å². The highest BCUT2D eigenvalue weighted by Crippen LogP contribution is 2.31. The summed E-state index contributed by atoms with van der Waals surface area (Å²) >= 11 is 0.549. The van der Waals surface area contributed by atoms with Gasteiger partial charge in [0.1, 0.15) is 22.2 Å². The first-order chi connectivity index (χ1) is 27.8. The lowest BCUT2D eigenvalue weighted by Gasteiger charge is -2.11. The van der Waals surface area contributed by atoms with E-state index in [-0.39, 0.29) is 40.4 Å². The van der Waals surface area contributed by atoms with Gasteiger partial charge in [-0.25, -0.2) is 33.4 Å². The van der Waals surface area contributed by atoms with E-state index in [0.29, 0.717) is 66.9 Å². The zero-order valence-electron chi connectivity index (χ0n) is 30.3. The SMILES string of the molecule is NNc1ccc(C(=O)NCCCNC(=O)/C=C/c2nc(CSc3c(F)c(F)cc(F)c3F)ccc2OCCc2ccccc2)cn1.O=Cc1ccccc1S(=O)(=O)O. The Bertz CT molecular complexity index is 2310. The summed E-state index contributed by atoms with van der Waals surface area (Å²) in [4.78, 5) is 42.3. The summed E-state index contributed by atoms with van der Waals surface area (Å²) in [5.41, 5.74) is 4.34. The molecule has 0 aliphatic heterocycles. The predicted octanol–water partition coefficient (Wildman–Crippen LogP) is 5.93. The largest absolute Gasteiger partial charge is 0.491 e. The first-order valence-electron chi connectivity index (χ1n) is 17.1. The van der Waals surface area contributed by atoms with Crippen molar-refractivity contribution in [3.63, 3.8) is 0 Å². The number of amides is 2. The van der Waals surface area contributed by atoms with Gasteiger partial charge in [-0.3, -0.25) is 18.9 Å². The minimum absolute atomic E-state index is 0.0417. The fourth-order valence-corrected chi connectivity index (χ4v) is 6.38. The normalized spacial score (nSPS) is 11.0. The number of nitrogens with zero attached hydrogens (tertiary/aromatic N) is 2. The van der Waals surface area contributed by atoms with Crippen molar-refractivity contribution in [2.24, 2.45) is 5.84 Å². The van der Waals surface area contributed by atoms with E-state index in [4.69, 9.17) is 15.1 Å². The highest BCUT2D eigenvalue weighted by molar-refractivity contribution is 7.98. The van der Waals surface area contributed by atoms with Gasteiger partial charge in [0.25, 0.3) is 16.0 Å². The van der Waals surface area contributed by atoms with Crippen LogP contribution in [0.2, 0.25) is 0 Å². The first kappa shape index (κ1) is 44.6. The van der Waals surface area contributed by atoms with Crippen LogP contribution < -0.4 is 26.6 Å². The molecule has 0 bridgehead atoms. The Kier molecular flexibility index (Phi) is 16.9. The lowest BCUT2D eigenvalue weighted by Crippen LogP contribution is -2.29. The molecule has 0 saturated heterocycles. The molecular weight excluding hydrogens is 805 g/mol. The number of hydrazine groups is 1. The number of hydrogen-bond donors (Lipinski definition) is 5. The molecule has 2 aromatic heterocycles. The summed E-state index contributed by atoms with van der Waals surface area (Å²) in [5, 5.41) is 5.44. The molecule has 0 spiro atoms. The number of halogens is 4. The van der Waals surface area contributed by atoms with Crippen LogP contribution in [-0.2, 0) is 27.1 Å². The van der Waals surface area contributed by atoms with E-state index in [2.05, 4.69) is 26.0 Å². The second-order valence-corrected chi connectivity index (χ2v) is 14.2. The lowest BCUT2D eigenvalue weighted by molar-refractivity contribution is -0.116. The average Bonchev–Trinajstić information content (AvgIpc) is 3.22. The molecule has 58 heavy (non-hydrogen) atoms. The number of pyridine rings is 2. The molecule has 0 fully saturated rings. The van der Waals surface area contributed by atoms with Gasteiger partial charge in [0.15, 0.2) is 29.6 Å². The summed E-state index contributed by atoms with van der Waals surface area (Å²) in [5.74, 6) is -0.808. The van der Waals surface area contributed by atoms with Crippen molar-refractivity contribution in [2.75, 3.05) is 25.1 Å². The second kappa shape index (κ2) is 22.0. The standard InChI is InChI=1S/C32H30F4N6O3S.C7H6O4S/c33-23-17-24(34)30(36)31(29(23)35)46-19-22-8-10-26(45-16-13-20-5-2-1-3-6-20)25(41-22)9-12-28(43)38-14-4-15-39-32(44)21-7-11-27(42-37)40-18-21;8-5-6-3-1-2-4-7(6)12(9,10)11/h1-3,5-12,17-18H,4,13-16,19,37H2,(H,38,43)(H,39,44)(H,40,42);1-5H,(H,9,10,11)/b12-9+;. The maximum Gasteiger partial charge on any atom is 0.295 e.